The summed E-state index contributed by atoms with van der Waals surface area (Å²) in [6.45, 7) is 5.50. The Morgan fingerprint density at radius 3 is 2.78 bits per heavy atom. The van der Waals surface area contributed by atoms with Crippen LogP contribution in [0, 0.1) is 0 Å². The molecule has 0 spiro atoms. The Bertz CT molecular complexity index is 719. The van der Waals surface area contributed by atoms with Crippen molar-refractivity contribution in [3.63, 3.8) is 0 Å². The van der Waals surface area contributed by atoms with E-state index in [1.165, 1.54) is 18.5 Å². The first-order valence-corrected chi connectivity index (χ1v) is 8.57. The Kier molecular flexibility index (Phi) is 3.67. The van der Waals surface area contributed by atoms with Crippen LogP contribution in [-0.4, -0.2) is 51.6 Å². The number of carbonyl (C=O) groups is 1. The maximum atomic E-state index is 11.6. The van der Waals surface area contributed by atoms with E-state index in [4.69, 9.17) is 10.1 Å². The second kappa shape index (κ2) is 5.83. The molecule has 4 heterocycles. The molecule has 1 amide bonds. The fourth-order valence-electron chi connectivity index (χ4n) is 3.70. The molecule has 2 aliphatic rings. The molecule has 0 saturated carbocycles. The second-order valence-corrected chi connectivity index (χ2v) is 6.66. The standard InChI is InChI=1S/C17H23N5O/c1-13(23)21-10-4-5-14(11-21)17-18-16-7-6-15(12-22(16)19-17)20-8-2-3-9-20/h6-7,12,14H,2-5,8-11H2,1H3/t14-/m1/s1. The van der Waals surface area contributed by atoms with Gasteiger partial charge in [-0.2, -0.15) is 5.10 Å². The second-order valence-electron chi connectivity index (χ2n) is 6.66. The van der Waals surface area contributed by atoms with Gasteiger partial charge in [0.15, 0.2) is 11.5 Å². The molecule has 2 saturated heterocycles. The number of pyridine rings is 1. The number of likely N-dealkylation sites (tertiary alicyclic amines) is 1. The monoisotopic (exact) mass is 313 g/mol. The van der Waals surface area contributed by atoms with Crippen molar-refractivity contribution in [1.82, 2.24) is 19.5 Å². The lowest BCUT2D eigenvalue weighted by Crippen LogP contribution is -2.37. The summed E-state index contributed by atoms with van der Waals surface area (Å²) in [6.07, 6.45) is 6.70. The van der Waals surface area contributed by atoms with Crippen LogP contribution in [-0.2, 0) is 4.79 Å². The molecule has 2 aromatic heterocycles. The average molecular weight is 313 g/mol. The van der Waals surface area contributed by atoms with E-state index in [0.717, 1.165) is 50.5 Å². The minimum absolute atomic E-state index is 0.148. The highest BCUT2D eigenvalue weighted by Crippen LogP contribution is 2.26. The first-order valence-electron chi connectivity index (χ1n) is 8.57. The van der Waals surface area contributed by atoms with E-state index in [-0.39, 0.29) is 11.8 Å². The van der Waals surface area contributed by atoms with E-state index >= 15 is 0 Å². The van der Waals surface area contributed by atoms with Crippen LogP contribution in [0.2, 0.25) is 0 Å². The van der Waals surface area contributed by atoms with Crippen LogP contribution in [0.15, 0.2) is 18.3 Å². The van der Waals surface area contributed by atoms with Gasteiger partial charge in [0.05, 0.1) is 11.9 Å². The topological polar surface area (TPSA) is 53.7 Å². The molecule has 0 bridgehead atoms. The van der Waals surface area contributed by atoms with Crippen molar-refractivity contribution in [2.24, 2.45) is 0 Å². The van der Waals surface area contributed by atoms with Crippen LogP contribution in [0.25, 0.3) is 5.65 Å². The highest BCUT2D eigenvalue weighted by atomic mass is 16.2. The number of amides is 1. The third-order valence-electron chi connectivity index (χ3n) is 5.03. The highest BCUT2D eigenvalue weighted by Gasteiger charge is 2.26. The number of aromatic nitrogens is 3. The van der Waals surface area contributed by atoms with Gasteiger partial charge in [0.2, 0.25) is 5.91 Å². The molecule has 23 heavy (non-hydrogen) atoms. The molecule has 6 nitrogen and oxygen atoms in total. The smallest absolute Gasteiger partial charge is 0.219 e. The molecule has 1 atom stereocenters. The Hall–Kier alpha value is -2.11. The molecule has 6 heteroatoms. The summed E-state index contributed by atoms with van der Waals surface area (Å²) in [7, 11) is 0. The molecule has 2 aliphatic heterocycles. The fraction of sp³-hybridized carbons (Fsp3) is 0.588. The maximum absolute atomic E-state index is 11.6. The minimum Gasteiger partial charge on any atom is -0.370 e. The van der Waals surface area contributed by atoms with Crippen LogP contribution in [0.5, 0.6) is 0 Å². The van der Waals surface area contributed by atoms with E-state index in [9.17, 15) is 4.79 Å². The van der Waals surface area contributed by atoms with Crippen LogP contribution in [0.3, 0.4) is 0 Å². The third-order valence-corrected chi connectivity index (χ3v) is 5.03. The van der Waals surface area contributed by atoms with Crippen molar-refractivity contribution in [2.45, 2.75) is 38.5 Å². The van der Waals surface area contributed by atoms with Crippen LogP contribution in [0.4, 0.5) is 5.69 Å². The number of hydrogen-bond donors (Lipinski definition) is 0. The van der Waals surface area contributed by atoms with Gasteiger partial charge in [-0.05, 0) is 37.8 Å². The van der Waals surface area contributed by atoms with Gasteiger partial charge >= 0.3 is 0 Å². The molecule has 0 aliphatic carbocycles. The van der Waals surface area contributed by atoms with Crippen LogP contribution >= 0.6 is 0 Å². The fourth-order valence-corrected chi connectivity index (χ4v) is 3.70. The Balaban J connectivity index is 1.59. The van der Waals surface area contributed by atoms with Crippen molar-refractivity contribution in [2.75, 3.05) is 31.1 Å². The van der Waals surface area contributed by atoms with Gasteiger partial charge in [-0.15, -0.1) is 0 Å². The zero-order chi connectivity index (χ0) is 15.8. The van der Waals surface area contributed by atoms with Crippen molar-refractivity contribution in [3.8, 4) is 0 Å². The first-order chi connectivity index (χ1) is 11.2. The first kappa shape index (κ1) is 14.5. The van der Waals surface area contributed by atoms with Gasteiger partial charge < -0.3 is 9.80 Å². The summed E-state index contributed by atoms with van der Waals surface area (Å²) >= 11 is 0. The predicted molar refractivity (Wildman–Crippen MR) is 88.7 cm³/mol. The quantitative estimate of drug-likeness (QED) is 0.851. The zero-order valence-corrected chi connectivity index (χ0v) is 13.6. The van der Waals surface area contributed by atoms with Crippen molar-refractivity contribution in [3.05, 3.63) is 24.2 Å². The zero-order valence-electron chi connectivity index (χ0n) is 13.6. The van der Waals surface area contributed by atoms with Gasteiger partial charge in [-0.1, -0.05) is 0 Å². The number of nitrogens with zero attached hydrogens (tertiary/aromatic N) is 5. The number of carbonyl (C=O) groups excluding carboxylic acids is 1. The van der Waals surface area contributed by atoms with Crippen LogP contribution in [0.1, 0.15) is 44.3 Å². The summed E-state index contributed by atoms with van der Waals surface area (Å²) in [6, 6.07) is 4.19. The van der Waals surface area contributed by atoms with E-state index in [1.54, 1.807) is 6.92 Å². The molecule has 122 valence electrons. The molecule has 2 aromatic rings. The van der Waals surface area contributed by atoms with Crippen molar-refractivity contribution in [1.29, 1.82) is 0 Å². The van der Waals surface area contributed by atoms with Gasteiger partial charge in [0, 0.05) is 39.0 Å². The Morgan fingerprint density at radius 1 is 1.17 bits per heavy atom. The van der Waals surface area contributed by atoms with E-state index in [2.05, 4.69) is 23.2 Å². The van der Waals surface area contributed by atoms with Gasteiger partial charge in [-0.25, -0.2) is 9.50 Å². The summed E-state index contributed by atoms with van der Waals surface area (Å²) in [5.41, 5.74) is 2.11. The van der Waals surface area contributed by atoms with Crippen LogP contribution < -0.4 is 4.90 Å². The Labute approximate surface area is 136 Å². The number of fused-ring (bicyclic) bond motifs is 1. The van der Waals surface area contributed by atoms with E-state index in [0.29, 0.717) is 0 Å². The lowest BCUT2D eigenvalue weighted by atomic mass is 9.97. The number of rotatable bonds is 2. The van der Waals surface area contributed by atoms with Gasteiger partial charge in [0.1, 0.15) is 0 Å². The molecule has 2 fully saturated rings. The molecular formula is C17H23N5O. The van der Waals surface area contributed by atoms with Gasteiger partial charge in [0.25, 0.3) is 0 Å². The van der Waals surface area contributed by atoms with E-state index in [1.807, 2.05) is 9.42 Å². The Morgan fingerprint density at radius 2 is 2.00 bits per heavy atom. The molecule has 0 aromatic carbocycles. The minimum atomic E-state index is 0.148. The molecule has 0 unspecified atom stereocenters. The maximum Gasteiger partial charge on any atom is 0.219 e. The average Bonchev–Trinajstić information content (AvgIpc) is 3.23. The normalized spacial score (nSPS) is 22.0. The summed E-state index contributed by atoms with van der Waals surface area (Å²) in [4.78, 5) is 20.6. The lowest BCUT2D eigenvalue weighted by Gasteiger charge is -2.30. The molecular weight excluding hydrogens is 290 g/mol. The number of piperidine rings is 1. The number of anilines is 1. The summed E-state index contributed by atoms with van der Waals surface area (Å²) in [5, 5.41) is 4.70. The van der Waals surface area contributed by atoms with Gasteiger partial charge in [-0.3, -0.25) is 4.79 Å². The summed E-state index contributed by atoms with van der Waals surface area (Å²) < 4.78 is 1.90. The lowest BCUT2D eigenvalue weighted by molar-refractivity contribution is -0.130. The predicted octanol–water partition coefficient (Wildman–Crippen LogP) is 2.06. The molecule has 0 radical (unpaired) electrons. The molecule has 0 N–H and O–H groups in total. The van der Waals surface area contributed by atoms with Crippen molar-refractivity contribution < 1.29 is 4.79 Å². The summed E-state index contributed by atoms with van der Waals surface area (Å²) in [5.74, 6) is 1.27. The van der Waals surface area contributed by atoms with E-state index < -0.39 is 0 Å². The van der Waals surface area contributed by atoms with Crippen molar-refractivity contribution >= 4 is 17.2 Å². The highest BCUT2D eigenvalue weighted by molar-refractivity contribution is 5.73. The largest absolute Gasteiger partial charge is 0.370 e. The third kappa shape index (κ3) is 2.78. The SMILES string of the molecule is CC(=O)N1CCC[C@@H](c2nc3ccc(N4CCCC4)cn3n2)C1. The molecule has 4 rings (SSSR count). The number of hydrogen-bond acceptors (Lipinski definition) is 4.